The second-order valence-corrected chi connectivity index (χ2v) is 8.10. The average Bonchev–Trinajstić information content (AvgIpc) is 3.05. The summed E-state index contributed by atoms with van der Waals surface area (Å²) in [5.41, 5.74) is -1.32. The van der Waals surface area contributed by atoms with E-state index in [9.17, 15) is 9.36 Å². The molecule has 0 spiro atoms. The van der Waals surface area contributed by atoms with Crippen molar-refractivity contribution in [2.75, 3.05) is 20.3 Å². The van der Waals surface area contributed by atoms with Crippen LogP contribution in [0, 0.1) is 0 Å². The Bertz CT molecular complexity index is 618. The first-order valence-electron chi connectivity index (χ1n) is 8.17. The maximum Gasteiger partial charge on any atom is 0.532 e. The molecule has 140 valence electrons. The van der Waals surface area contributed by atoms with E-state index >= 15 is 0 Å². The van der Waals surface area contributed by atoms with Gasteiger partial charge in [0.2, 0.25) is 5.72 Å². The van der Waals surface area contributed by atoms with E-state index in [4.69, 9.17) is 29.8 Å². The Hall–Kier alpha value is -1.27. The maximum absolute atomic E-state index is 12.5. The van der Waals surface area contributed by atoms with Crippen molar-refractivity contribution in [1.29, 1.82) is 0 Å². The molecule has 9 heteroatoms. The van der Waals surface area contributed by atoms with Crippen LogP contribution in [0.15, 0.2) is 24.3 Å². The van der Waals surface area contributed by atoms with Crippen LogP contribution in [-0.2, 0) is 18.6 Å². The Morgan fingerprint density at radius 2 is 2.00 bits per heavy atom. The summed E-state index contributed by atoms with van der Waals surface area (Å²) in [7, 11) is 1.52. The zero-order valence-corrected chi connectivity index (χ0v) is 16.0. The summed E-state index contributed by atoms with van der Waals surface area (Å²) in [6.45, 7) is -1.15. The second kappa shape index (κ2) is 8.90. The number of hydrogen-bond donors (Lipinski definition) is 1. The standard InChI is InChI=1S/C16H23ClNO6P/c1-3-4-12-22-16(10-5-11-18-16)15(19)24-25(17,20)23-14-8-6-13(21-2)7-9-14/h6-9,18H,3-5,10-12H2,1-2H3/t16-,25?/m1/s1. The summed E-state index contributed by atoms with van der Waals surface area (Å²) >= 11 is 5.82. The van der Waals surface area contributed by atoms with Gasteiger partial charge in [-0.05, 0) is 43.7 Å². The van der Waals surface area contributed by atoms with Gasteiger partial charge in [-0.3, -0.25) is 5.32 Å². The molecular weight excluding hydrogens is 369 g/mol. The van der Waals surface area contributed by atoms with Gasteiger partial charge in [-0.15, -0.1) is 0 Å². The maximum atomic E-state index is 12.5. The van der Waals surface area contributed by atoms with E-state index in [1.807, 2.05) is 6.92 Å². The highest BCUT2D eigenvalue weighted by atomic mass is 35.7. The minimum Gasteiger partial charge on any atom is -0.497 e. The summed E-state index contributed by atoms with van der Waals surface area (Å²) in [5, 5.41) is 2.98. The molecule has 0 aliphatic carbocycles. The van der Waals surface area contributed by atoms with Crippen molar-refractivity contribution in [3.8, 4) is 11.5 Å². The van der Waals surface area contributed by atoms with Gasteiger partial charge in [0.1, 0.15) is 11.5 Å². The molecule has 1 aliphatic heterocycles. The quantitative estimate of drug-likeness (QED) is 0.505. The SMILES string of the molecule is CCCCO[C@@]1(C(=O)OP(=O)(Cl)Oc2ccc(OC)cc2)CCCN1. The normalized spacial score (nSPS) is 22.2. The van der Waals surface area contributed by atoms with Crippen molar-refractivity contribution >= 4 is 24.2 Å². The number of rotatable bonds is 9. The third-order valence-corrected chi connectivity index (χ3v) is 4.98. The second-order valence-electron chi connectivity index (χ2n) is 5.64. The van der Waals surface area contributed by atoms with Gasteiger partial charge in [-0.25, -0.2) is 9.36 Å². The third-order valence-electron chi connectivity index (χ3n) is 3.76. The van der Waals surface area contributed by atoms with Gasteiger partial charge in [0.05, 0.1) is 7.11 Å². The number of carbonyl (C=O) groups excluding carboxylic acids is 1. The Labute approximate surface area is 152 Å². The molecule has 0 radical (unpaired) electrons. The zero-order valence-electron chi connectivity index (χ0n) is 14.3. The molecule has 1 aromatic rings. The summed E-state index contributed by atoms with van der Waals surface area (Å²) in [5.74, 6) is -0.0209. The molecule has 0 saturated carbocycles. The molecule has 1 fully saturated rings. The fraction of sp³-hybridized carbons (Fsp3) is 0.562. The molecule has 1 unspecified atom stereocenters. The van der Waals surface area contributed by atoms with Crippen molar-refractivity contribution in [2.24, 2.45) is 0 Å². The lowest BCUT2D eigenvalue weighted by atomic mass is 10.1. The first-order chi connectivity index (χ1) is 11.9. The van der Waals surface area contributed by atoms with Crippen LogP contribution < -0.4 is 14.6 Å². The molecule has 1 saturated heterocycles. The van der Waals surface area contributed by atoms with Crippen LogP contribution in [0.5, 0.6) is 11.5 Å². The number of carbonyl (C=O) groups is 1. The predicted octanol–water partition coefficient (Wildman–Crippen LogP) is 3.86. The summed E-state index contributed by atoms with van der Waals surface area (Å²) < 4.78 is 33.2. The largest absolute Gasteiger partial charge is 0.532 e. The van der Waals surface area contributed by atoms with Crippen LogP contribution in [0.25, 0.3) is 0 Å². The first kappa shape index (κ1) is 20.0. The molecule has 1 aliphatic rings. The molecule has 1 aromatic carbocycles. The molecular formula is C16H23ClNO6P. The van der Waals surface area contributed by atoms with E-state index in [0.29, 0.717) is 25.3 Å². The fourth-order valence-corrected chi connectivity index (χ4v) is 3.60. The van der Waals surface area contributed by atoms with E-state index in [0.717, 1.165) is 19.3 Å². The summed E-state index contributed by atoms with van der Waals surface area (Å²) in [6, 6.07) is 6.26. The molecule has 25 heavy (non-hydrogen) atoms. The average molecular weight is 392 g/mol. The number of hydrogen-bond acceptors (Lipinski definition) is 7. The van der Waals surface area contributed by atoms with Crippen molar-refractivity contribution < 1.29 is 27.9 Å². The van der Waals surface area contributed by atoms with Crippen LogP contribution in [0.4, 0.5) is 0 Å². The smallest absolute Gasteiger partial charge is 0.497 e. The molecule has 1 N–H and O–H groups in total. The molecule has 2 rings (SSSR count). The minimum absolute atomic E-state index is 0.201. The Balaban J connectivity index is 2.01. The highest BCUT2D eigenvalue weighted by Crippen LogP contribution is 2.54. The topological polar surface area (TPSA) is 83.1 Å². The first-order valence-corrected chi connectivity index (χ1v) is 10.6. The highest BCUT2D eigenvalue weighted by Gasteiger charge is 2.47. The third kappa shape index (κ3) is 5.61. The Kier molecular flexibility index (Phi) is 7.14. The monoisotopic (exact) mass is 391 g/mol. The van der Waals surface area contributed by atoms with Crippen molar-refractivity contribution in [3.05, 3.63) is 24.3 Å². The van der Waals surface area contributed by atoms with Crippen LogP contribution in [0.3, 0.4) is 0 Å². The van der Waals surface area contributed by atoms with Gasteiger partial charge in [-0.2, -0.15) is 0 Å². The zero-order chi connectivity index (χ0) is 18.3. The van der Waals surface area contributed by atoms with E-state index in [-0.39, 0.29) is 5.75 Å². The molecule has 0 amide bonds. The lowest BCUT2D eigenvalue weighted by Gasteiger charge is -2.27. The highest BCUT2D eigenvalue weighted by molar-refractivity contribution is 7.82. The van der Waals surface area contributed by atoms with Crippen LogP contribution in [-0.4, -0.2) is 32.0 Å². The van der Waals surface area contributed by atoms with Crippen molar-refractivity contribution in [3.63, 3.8) is 0 Å². The van der Waals surface area contributed by atoms with E-state index in [1.54, 1.807) is 12.1 Å². The minimum atomic E-state index is -4.17. The van der Waals surface area contributed by atoms with Gasteiger partial charge in [0, 0.05) is 24.3 Å². The summed E-state index contributed by atoms with van der Waals surface area (Å²) in [4.78, 5) is 12.5. The molecule has 7 nitrogen and oxygen atoms in total. The van der Waals surface area contributed by atoms with Crippen molar-refractivity contribution in [2.45, 2.75) is 38.3 Å². The summed E-state index contributed by atoms with van der Waals surface area (Å²) in [6.07, 6.45) is 2.90. The Morgan fingerprint density at radius 3 is 2.56 bits per heavy atom. The number of benzene rings is 1. The van der Waals surface area contributed by atoms with Gasteiger partial charge in [0.15, 0.2) is 0 Å². The molecule has 0 aromatic heterocycles. The van der Waals surface area contributed by atoms with Gasteiger partial charge >= 0.3 is 12.9 Å². The van der Waals surface area contributed by atoms with E-state index in [2.05, 4.69) is 5.32 Å². The van der Waals surface area contributed by atoms with Gasteiger partial charge < -0.3 is 18.5 Å². The van der Waals surface area contributed by atoms with E-state index in [1.165, 1.54) is 19.2 Å². The lowest BCUT2D eigenvalue weighted by Crippen LogP contribution is -2.50. The molecule has 2 atom stereocenters. The van der Waals surface area contributed by atoms with Gasteiger partial charge in [0.25, 0.3) is 0 Å². The molecule has 0 bridgehead atoms. The number of methoxy groups -OCH3 is 1. The number of ether oxygens (including phenoxy) is 2. The Morgan fingerprint density at radius 1 is 1.32 bits per heavy atom. The van der Waals surface area contributed by atoms with Gasteiger partial charge in [-0.1, -0.05) is 13.3 Å². The predicted molar refractivity (Wildman–Crippen MR) is 94.0 cm³/mol. The van der Waals surface area contributed by atoms with Crippen LogP contribution >= 0.6 is 18.2 Å². The van der Waals surface area contributed by atoms with Crippen LogP contribution in [0.2, 0.25) is 0 Å². The number of unbranched alkanes of at least 4 members (excludes halogenated alkanes) is 1. The van der Waals surface area contributed by atoms with E-state index < -0.39 is 18.6 Å². The van der Waals surface area contributed by atoms with Crippen LogP contribution in [0.1, 0.15) is 32.6 Å². The molecule has 1 heterocycles. The number of nitrogens with one attached hydrogen (secondary N) is 1. The lowest BCUT2D eigenvalue weighted by molar-refractivity contribution is -0.166. The van der Waals surface area contributed by atoms with Crippen molar-refractivity contribution in [1.82, 2.24) is 5.32 Å². The number of halogens is 1. The fourth-order valence-electron chi connectivity index (χ4n) is 2.42.